The Morgan fingerprint density at radius 1 is 1.10 bits per heavy atom. The number of nitrogens with zero attached hydrogens (tertiary/aromatic N) is 2. The molecular weight excluding hydrogens is 406 g/mol. The predicted octanol–water partition coefficient (Wildman–Crippen LogP) is 3.92. The first-order valence-corrected chi connectivity index (χ1v) is 9.65. The van der Waals surface area contributed by atoms with Gasteiger partial charge in [0.15, 0.2) is 6.10 Å². The van der Waals surface area contributed by atoms with Gasteiger partial charge in [-0.3, -0.25) is 9.59 Å². The monoisotopic (exact) mass is 427 g/mol. The van der Waals surface area contributed by atoms with Crippen molar-refractivity contribution in [3.8, 4) is 17.3 Å². The first-order valence-electron chi connectivity index (χ1n) is 9.27. The molecule has 0 aliphatic carbocycles. The smallest absolute Gasteiger partial charge is 0.271 e. The lowest BCUT2D eigenvalue weighted by atomic mass is 10.1. The summed E-state index contributed by atoms with van der Waals surface area (Å²) in [5, 5.41) is 7.35. The Morgan fingerprint density at radius 3 is 2.53 bits per heavy atom. The summed E-state index contributed by atoms with van der Waals surface area (Å²) in [4.78, 5) is 24.7. The molecule has 0 spiro atoms. The Kier molecular flexibility index (Phi) is 6.42. The number of aryl methyl sites for hydroxylation is 2. The van der Waals surface area contributed by atoms with Crippen molar-refractivity contribution >= 4 is 23.2 Å². The summed E-state index contributed by atoms with van der Waals surface area (Å²) in [5.74, 6) is 0.280. The van der Waals surface area contributed by atoms with Crippen LogP contribution in [0.3, 0.4) is 0 Å². The lowest BCUT2D eigenvalue weighted by Crippen LogP contribution is -2.31. The summed E-state index contributed by atoms with van der Waals surface area (Å²) in [6.07, 6.45) is -0.857. The molecule has 3 rings (SSSR count). The molecule has 0 radical (unpaired) electrons. The molecule has 1 heterocycles. The average Bonchev–Trinajstić information content (AvgIpc) is 2.71. The summed E-state index contributed by atoms with van der Waals surface area (Å²) in [6.45, 7) is 5.54. The summed E-state index contributed by atoms with van der Waals surface area (Å²) < 4.78 is 12.0. The van der Waals surface area contributed by atoms with Gasteiger partial charge in [0.05, 0.1) is 17.8 Å². The van der Waals surface area contributed by atoms with Gasteiger partial charge >= 0.3 is 0 Å². The lowest BCUT2D eigenvalue weighted by Gasteiger charge is -2.15. The van der Waals surface area contributed by atoms with Gasteiger partial charge in [0.2, 0.25) is 5.88 Å². The summed E-state index contributed by atoms with van der Waals surface area (Å²) in [7, 11) is 1.51. The van der Waals surface area contributed by atoms with Gasteiger partial charge in [0, 0.05) is 17.8 Å². The molecule has 2 aromatic carbocycles. The lowest BCUT2D eigenvalue weighted by molar-refractivity contribution is -0.122. The van der Waals surface area contributed by atoms with Gasteiger partial charge in [0.25, 0.3) is 11.5 Å². The van der Waals surface area contributed by atoms with Crippen LogP contribution in [-0.4, -0.2) is 28.9 Å². The number of methoxy groups -OCH3 is 1. The maximum atomic E-state index is 12.5. The Balaban J connectivity index is 1.75. The van der Waals surface area contributed by atoms with Crippen LogP contribution in [0.15, 0.2) is 53.3 Å². The maximum Gasteiger partial charge on any atom is 0.271 e. The predicted molar refractivity (Wildman–Crippen MR) is 116 cm³/mol. The zero-order valence-electron chi connectivity index (χ0n) is 17.1. The quantitative estimate of drug-likeness (QED) is 0.644. The molecule has 1 aromatic heterocycles. The standard InChI is InChI=1S/C22H22ClN3O4/c1-13-5-7-17(11-14(13)2)26-21(27)10-9-20(25-26)30-15(3)22(28)24-16-6-8-19(29-4)18(23)12-16/h5-12,15H,1-4H3,(H,24,28)/t15-/m1/s1. The van der Waals surface area contributed by atoms with E-state index in [1.54, 1.807) is 25.1 Å². The van der Waals surface area contributed by atoms with Crippen LogP contribution < -0.4 is 20.3 Å². The highest BCUT2D eigenvalue weighted by atomic mass is 35.5. The molecule has 0 aliphatic heterocycles. The molecule has 1 N–H and O–H groups in total. The van der Waals surface area contributed by atoms with Crippen molar-refractivity contribution in [2.75, 3.05) is 12.4 Å². The molecule has 0 bridgehead atoms. The van der Waals surface area contributed by atoms with E-state index in [1.807, 2.05) is 32.0 Å². The third-order valence-electron chi connectivity index (χ3n) is 4.60. The van der Waals surface area contributed by atoms with E-state index in [0.29, 0.717) is 22.1 Å². The number of anilines is 1. The topological polar surface area (TPSA) is 82.5 Å². The van der Waals surface area contributed by atoms with Crippen molar-refractivity contribution in [2.45, 2.75) is 26.9 Å². The molecule has 0 saturated carbocycles. The normalized spacial score (nSPS) is 11.6. The van der Waals surface area contributed by atoms with Crippen molar-refractivity contribution < 1.29 is 14.3 Å². The third-order valence-corrected chi connectivity index (χ3v) is 4.89. The van der Waals surface area contributed by atoms with E-state index in [9.17, 15) is 9.59 Å². The van der Waals surface area contributed by atoms with E-state index in [2.05, 4.69) is 10.4 Å². The molecule has 1 amide bonds. The molecule has 0 aliphatic rings. The summed E-state index contributed by atoms with van der Waals surface area (Å²) in [6, 6.07) is 13.3. The second kappa shape index (κ2) is 9.00. The molecule has 0 saturated heterocycles. The van der Waals surface area contributed by atoms with Gasteiger partial charge in [-0.2, -0.15) is 4.68 Å². The molecule has 7 nitrogen and oxygen atoms in total. The van der Waals surface area contributed by atoms with Gasteiger partial charge < -0.3 is 14.8 Å². The fourth-order valence-electron chi connectivity index (χ4n) is 2.72. The Bertz CT molecular complexity index is 1140. The van der Waals surface area contributed by atoms with Crippen LogP contribution in [0.25, 0.3) is 5.69 Å². The molecule has 0 fully saturated rings. The van der Waals surface area contributed by atoms with E-state index in [0.717, 1.165) is 11.1 Å². The Hall–Kier alpha value is -3.32. The van der Waals surface area contributed by atoms with E-state index < -0.39 is 6.10 Å². The molecule has 1 atom stereocenters. The average molecular weight is 428 g/mol. The SMILES string of the molecule is COc1ccc(NC(=O)[C@@H](C)Oc2ccc(=O)n(-c3ccc(C)c(C)c3)n2)cc1Cl. The van der Waals surface area contributed by atoms with E-state index in [4.69, 9.17) is 21.1 Å². The zero-order chi connectivity index (χ0) is 21.8. The second-order valence-corrected chi connectivity index (χ2v) is 7.20. The molecular formula is C22H22ClN3O4. The van der Waals surface area contributed by atoms with E-state index in [-0.39, 0.29) is 17.3 Å². The minimum Gasteiger partial charge on any atom is -0.495 e. The highest BCUT2D eigenvalue weighted by molar-refractivity contribution is 6.32. The Morgan fingerprint density at radius 2 is 1.87 bits per heavy atom. The number of hydrogen-bond acceptors (Lipinski definition) is 5. The molecule has 30 heavy (non-hydrogen) atoms. The van der Waals surface area contributed by atoms with Gasteiger partial charge in [-0.1, -0.05) is 17.7 Å². The number of carbonyl (C=O) groups excluding carboxylic acids is 1. The number of hydrogen-bond donors (Lipinski definition) is 1. The van der Waals surface area contributed by atoms with Crippen molar-refractivity contribution in [1.82, 2.24) is 9.78 Å². The number of aromatic nitrogens is 2. The van der Waals surface area contributed by atoms with Gasteiger partial charge in [0.1, 0.15) is 5.75 Å². The largest absolute Gasteiger partial charge is 0.495 e. The highest BCUT2D eigenvalue weighted by Gasteiger charge is 2.17. The summed E-state index contributed by atoms with van der Waals surface area (Å²) >= 11 is 6.08. The van der Waals surface area contributed by atoms with Crippen molar-refractivity contribution in [2.24, 2.45) is 0 Å². The number of benzene rings is 2. The Labute approximate surface area is 179 Å². The maximum absolute atomic E-state index is 12.5. The summed E-state index contributed by atoms with van der Waals surface area (Å²) in [5.41, 5.74) is 2.99. The number of amides is 1. The van der Waals surface area contributed by atoms with Crippen molar-refractivity contribution in [1.29, 1.82) is 0 Å². The van der Waals surface area contributed by atoms with Crippen LogP contribution >= 0.6 is 11.6 Å². The molecule has 8 heteroatoms. The fraction of sp³-hybridized carbons (Fsp3) is 0.227. The van der Waals surface area contributed by atoms with Crippen LogP contribution in [-0.2, 0) is 4.79 Å². The van der Waals surface area contributed by atoms with Crippen LogP contribution in [0.1, 0.15) is 18.1 Å². The van der Waals surface area contributed by atoms with E-state index in [1.165, 1.54) is 23.9 Å². The molecule has 0 unspecified atom stereocenters. The second-order valence-electron chi connectivity index (χ2n) is 6.79. The van der Waals surface area contributed by atoms with Crippen molar-refractivity contribution in [3.63, 3.8) is 0 Å². The van der Waals surface area contributed by atoms with Crippen molar-refractivity contribution in [3.05, 3.63) is 75.0 Å². The number of rotatable bonds is 6. The van der Waals surface area contributed by atoms with Crippen LogP contribution in [0, 0.1) is 13.8 Å². The number of nitrogens with one attached hydrogen (secondary N) is 1. The van der Waals surface area contributed by atoms with Gasteiger partial charge in [-0.15, -0.1) is 5.10 Å². The fourth-order valence-corrected chi connectivity index (χ4v) is 2.98. The van der Waals surface area contributed by atoms with Crippen LogP contribution in [0.4, 0.5) is 5.69 Å². The molecule has 3 aromatic rings. The van der Waals surface area contributed by atoms with Crippen LogP contribution in [0.5, 0.6) is 11.6 Å². The van der Waals surface area contributed by atoms with Gasteiger partial charge in [-0.25, -0.2) is 0 Å². The number of carbonyl (C=O) groups is 1. The molecule has 156 valence electrons. The zero-order valence-corrected chi connectivity index (χ0v) is 17.9. The highest BCUT2D eigenvalue weighted by Crippen LogP contribution is 2.27. The number of halogens is 1. The first kappa shape index (κ1) is 21.4. The first-order chi connectivity index (χ1) is 14.3. The third kappa shape index (κ3) is 4.80. The van der Waals surface area contributed by atoms with E-state index >= 15 is 0 Å². The van der Waals surface area contributed by atoms with Crippen LogP contribution in [0.2, 0.25) is 5.02 Å². The minimum absolute atomic E-state index is 0.156. The minimum atomic E-state index is -0.857. The number of ether oxygens (including phenoxy) is 2. The van der Waals surface area contributed by atoms with Gasteiger partial charge in [-0.05, 0) is 62.2 Å².